The lowest BCUT2D eigenvalue weighted by molar-refractivity contribution is -0.121. The van der Waals surface area contributed by atoms with Crippen molar-refractivity contribution in [1.29, 1.82) is 0 Å². The Morgan fingerprint density at radius 3 is 2.81 bits per heavy atom. The summed E-state index contributed by atoms with van der Waals surface area (Å²) in [5.41, 5.74) is 2.63. The molecule has 2 heterocycles. The molecule has 0 aliphatic rings. The van der Waals surface area contributed by atoms with Crippen LogP contribution in [-0.2, 0) is 17.8 Å². The molecule has 3 aromatic rings. The third-order valence-corrected chi connectivity index (χ3v) is 3.95. The van der Waals surface area contributed by atoms with Crippen LogP contribution in [0, 0.1) is 0 Å². The number of pyridine rings is 1. The van der Waals surface area contributed by atoms with E-state index in [4.69, 9.17) is 4.74 Å². The maximum atomic E-state index is 12.1. The van der Waals surface area contributed by atoms with Crippen molar-refractivity contribution >= 4 is 5.91 Å². The van der Waals surface area contributed by atoms with Gasteiger partial charge in [0.05, 0.1) is 31.2 Å². The number of aryl methyl sites for hydroxylation is 1. The normalized spacial score (nSPS) is 10.6. The molecule has 7 heteroatoms. The van der Waals surface area contributed by atoms with Gasteiger partial charge in [-0.25, -0.2) is 4.68 Å². The average Bonchev–Trinajstić information content (AvgIpc) is 3.20. The molecule has 0 fully saturated rings. The van der Waals surface area contributed by atoms with Gasteiger partial charge in [-0.2, -0.15) is 0 Å². The molecule has 1 N–H and O–H groups in total. The predicted molar refractivity (Wildman–Crippen MR) is 102 cm³/mol. The van der Waals surface area contributed by atoms with Crippen LogP contribution in [0.5, 0.6) is 5.75 Å². The molecule has 0 aliphatic heterocycles. The topological polar surface area (TPSA) is 81.9 Å². The zero-order valence-corrected chi connectivity index (χ0v) is 15.3. The summed E-state index contributed by atoms with van der Waals surface area (Å²) in [5.74, 6) is 0.846. The molecule has 3 rings (SSSR count). The van der Waals surface area contributed by atoms with E-state index in [2.05, 4.69) is 27.5 Å². The van der Waals surface area contributed by atoms with Gasteiger partial charge in [0.1, 0.15) is 11.4 Å². The van der Waals surface area contributed by atoms with Crippen molar-refractivity contribution in [2.75, 3.05) is 6.61 Å². The Kier molecular flexibility index (Phi) is 6.51. The van der Waals surface area contributed by atoms with Crippen molar-refractivity contribution in [2.45, 2.75) is 32.7 Å². The van der Waals surface area contributed by atoms with Crippen LogP contribution in [0.2, 0.25) is 0 Å². The van der Waals surface area contributed by atoms with Crippen LogP contribution >= 0.6 is 0 Å². The number of carbonyl (C=O) groups is 1. The molecule has 0 saturated heterocycles. The van der Waals surface area contributed by atoms with Crippen LogP contribution in [0.4, 0.5) is 0 Å². The second-order valence-corrected chi connectivity index (χ2v) is 6.13. The number of hydrogen-bond donors (Lipinski definition) is 1. The number of ether oxygens (including phenoxy) is 1. The predicted octanol–water partition coefficient (Wildman–Crippen LogP) is 2.70. The van der Waals surface area contributed by atoms with Crippen LogP contribution in [0.3, 0.4) is 0 Å². The van der Waals surface area contributed by atoms with Crippen LogP contribution in [0.15, 0.2) is 55.0 Å². The van der Waals surface area contributed by atoms with Crippen LogP contribution < -0.4 is 10.1 Å². The molecule has 140 valence electrons. The number of hydrogen-bond acceptors (Lipinski definition) is 5. The van der Waals surface area contributed by atoms with E-state index < -0.39 is 0 Å². The van der Waals surface area contributed by atoms with Crippen molar-refractivity contribution in [3.8, 4) is 11.4 Å². The minimum absolute atomic E-state index is 0.0164. The standard InChI is InChI=1S/C20H23N5O2/c1-2-12-27-19-8-5-16(6-9-19)7-10-20(26)22-13-17-15-25(24-23-17)18-4-3-11-21-14-18/h3-6,8-9,11,14-15H,2,7,10,12-13H2,1H3,(H,22,26). The highest BCUT2D eigenvalue weighted by Crippen LogP contribution is 2.13. The minimum Gasteiger partial charge on any atom is -0.494 e. The second-order valence-electron chi connectivity index (χ2n) is 6.13. The summed E-state index contributed by atoms with van der Waals surface area (Å²) in [6.07, 6.45) is 7.28. The fraction of sp³-hybridized carbons (Fsp3) is 0.300. The summed E-state index contributed by atoms with van der Waals surface area (Å²) in [6.45, 7) is 3.14. The third-order valence-electron chi connectivity index (χ3n) is 3.95. The van der Waals surface area contributed by atoms with Gasteiger partial charge in [0, 0.05) is 12.6 Å². The molecule has 0 unspecified atom stereocenters. The maximum Gasteiger partial charge on any atom is 0.220 e. The summed E-state index contributed by atoms with van der Waals surface area (Å²) >= 11 is 0. The number of amides is 1. The number of nitrogens with one attached hydrogen (secondary N) is 1. The summed E-state index contributed by atoms with van der Waals surface area (Å²) in [6, 6.07) is 11.6. The zero-order chi connectivity index (χ0) is 18.9. The Bertz CT molecular complexity index is 846. The molecule has 7 nitrogen and oxygen atoms in total. The van der Waals surface area contributed by atoms with Gasteiger partial charge in [0.2, 0.25) is 5.91 Å². The van der Waals surface area contributed by atoms with E-state index in [-0.39, 0.29) is 5.91 Å². The Hall–Kier alpha value is -3.22. The molecular weight excluding hydrogens is 342 g/mol. The highest BCUT2D eigenvalue weighted by atomic mass is 16.5. The van der Waals surface area contributed by atoms with E-state index in [1.807, 2.05) is 36.4 Å². The van der Waals surface area contributed by atoms with Gasteiger partial charge in [-0.1, -0.05) is 24.3 Å². The Morgan fingerprint density at radius 1 is 1.22 bits per heavy atom. The highest BCUT2D eigenvalue weighted by Gasteiger charge is 2.06. The number of nitrogens with zero attached hydrogens (tertiary/aromatic N) is 4. The lowest BCUT2D eigenvalue weighted by Crippen LogP contribution is -2.23. The van der Waals surface area contributed by atoms with Gasteiger partial charge in [-0.15, -0.1) is 5.10 Å². The van der Waals surface area contributed by atoms with E-state index in [0.717, 1.165) is 23.4 Å². The fourth-order valence-electron chi connectivity index (χ4n) is 2.50. The number of aromatic nitrogens is 4. The minimum atomic E-state index is -0.0164. The van der Waals surface area contributed by atoms with E-state index in [9.17, 15) is 4.79 Å². The summed E-state index contributed by atoms with van der Waals surface area (Å²) in [4.78, 5) is 16.1. The van der Waals surface area contributed by atoms with Crippen molar-refractivity contribution in [3.63, 3.8) is 0 Å². The molecule has 0 bridgehead atoms. The summed E-state index contributed by atoms with van der Waals surface area (Å²) < 4.78 is 7.19. The largest absolute Gasteiger partial charge is 0.494 e. The van der Waals surface area contributed by atoms with Crippen molar-refractivity contribution < 1.29 is 9.53 Å². The van der Waals surface area contributed by atoms with Crippen molar-refractivity contribution in [1.82, 2.24) is 25.3 Å². The Balaban J connectivity index is 1.43. The molecule has 2 aromatic heterocycles. The molecule has 0 atom stereocenters. The number of carbonyl (C=O) groups excluding carboxylic acids is 1. The van der Waals surface area contributed by atoms with Gasteiger partial charge in [0.15, 0.2) is 0 Å². The first-order chi connectivity index (χ1) is 13.2. The van der Waals surface area contributed by atoms with Crippen molar-refractivity contribution in [2.24, 2.45) is 0 Å². The average molecular weight is 365 g/mol. The lowest BCUT2D eigenvalue weighted by Gasteiger charge is -2.06. The molecule has 1 amide bonds. The van der Waals surface area contributed by atoms with E-state index in [1.54, 1.807) is 23.3 Å². The van der Waals surface area contributed by atoms with Gasteiger partial charge in [-0.05, 0) is 42.7 Å². The van der Waals surface area contributed by atoms with Gasteiger partial charge in [-0.3, -0.25) is 9.78 Å². The van der Waals surface area contributed by atoms with Crippen LogP contribution in [-0.4, -0.2) is 32.5 Å². The Labute approximate surface area is 158 Å². The highest BCUT2D eigenvalue weighted by molar-refractivity contribution is 5.76. The molecule has 0 spiro atoms. The zero-order valence-electron chi connectivity index (χ0n) is 15.3. The first-order valence-electron chi connectivity index (χ1n) is 9.04. The van der Waals surface area contributed by atoms with Crippen LogP contribution in [0.25, 0.3) is 5.69 Å². The smallest absolute Gasteiger partial charge is 0.220 e. The van der Waals surface area contributed by atoms with E-state index >= 15 is 0 Å². The van der Waals surface area contributed by atoms with Gasteiger partial charge in [0.25, 0.3) is 0 Å². The second kappa shape index (κ2) is 9.47. The van der Waals surface area contributed by atoms with Gasteiger partial charge < -0.3 is 10.1 Å². The molecule has 1 aromatic carbocycles. The van der Waals surface area contributed by atoms with Crippen molar-refractivity contribution in [3.05, 3.63) is 66.2 Å². The molecule has 27 heavy (non-hydrogen) atoms. The molecular formula is C20H23N5O2. The SMILES string of the molecule is CCCOc1ccc(CCC(=O)NCc2cn(-c3cccnc3)nn2)cc1. The Morgan fingerprint density at radius 2 is 2.07 bits per heavy atom. The molecule has 0 radical (unpaired) electrons. The number of benzene rings is 1. The first-order valence-corrected chi connectivity index (χ1v) is 9.04. The lowest BCUT2D eigenvalue weighted by atomic mass is 10.1. The molecule has 0 aliphatic carbocycles. The number of rotatable bonds is 9. The fourth-order valence-corrected chi connectivity index (χ4v) is 2.50. The molecule has 0 saturated carbocycles. The van der Waals surface area contributed by atoms with E-state index in [0.29, 0.717) is 31.7 Å². The summed E-state index contributed by atoms with van der Waals surface area (Å²) in [5, 5.41) is 11.0. The summed E-state index contributed by atoms with van der Waals surface area (Å²) in [7, 11) is 0. The van der Waals surface area contributed by atoms with Gasteiger partial charge >= 0.3 is 0 Å². The van der Waals surface area contributed by atoms with E-state index in [1.165, 1.54) is 0 Å². The maximum absolute atomic E-state index is 12.1. The quantitative estimate of drug-likeness (QED) is 0.630. The first kappa shape index (κ1) is 18.6. The van der Waals surface area contributed by atoms with Crippen LogP contribution in [0.1, 0.15) is 31.0 Å². The monoisotopic (exact) mass is 365 g/mol. The third kappa shape index (κ3) is 5.64.